The van der Waals surface area contributed by atoms with E-state index >= 15 is 0 Å². The summed E-state index contributed by atoms with van der Waals surface area (Å²) in [5.74, 6) is 0.884. The van der Waals surface area contributed by atoms with Crippen molar-refractivity contribution in [2.45, 2.75) is 53.9 Å². The fourth-order valence-electron chi connectivity index (χ4n) is 5.58. The third-order valence-electron chi connectivity index (χ3n) is 7.67. The van der Waals surface area contributed by atoms with Gasteiger partial charge in [-0.2, -0.15) is 10.2 Å². The minimum atomic E-state index is -0.299. The second kappa shape index (κ2) is 12.7. The molecule has 0 aliphatic rings. The van der Waals surface area contributed by atoms with Gasteiger partial charge in [-0.15, -0.1) is 0 Å². The van der Waals surface area contributed by atoms with E-state index in [1.54, 1.807) is 28.6 Å². The van der Waals surface area contributed by atoms with Crippen LogP contribution in [0.25, 0.3) is 22.1 Å². The van der Waals surface area contributed by atoms with E-state index in [0.717, 1.165) is 27.9 Å². The highest BCUT2D eigenvalue weighted by Gasteiger charge is 2.20. The van der Waals surface area contributed by atoms with Crippen molar-refractivity contribution in [3.8, 4) is 5.75 Å². The van der Waals surface area contributed by atoms with Crippen LogP contribution in [0.1, 0.15) is 46.2 Å². The molecule has 0 atom stereocenters. The minimum absolute atomic E-state index is 0.278. The molecule has 6 aromatic rings. The number of hydrogen-bond donors (Lipinski definition) is 2. The average Bonchev–Trinajstić information content (AvgIpc) is 3.81. The molecule has 13 nitrogen and oxygen atoms in total. The minimum Gasteiger partial charge on any atom is -0.494 e. The predicted molar refractivity (Wildman–Crippen MR) is 176 cm³/mol. The summed E-state index contributed by atoms with van der Waals surface area (Å²) in [5.41, 5.74) is 5.56. The van der Waals surface area contributed by atoms with Gasteiger partial charge in [-0.05, 0) is 64.1 Å². The Kier molecular flexibility index (Phi) is 8.38. The molecule has 0 saturated carbocycles. The molecule has 4 aromatic heterocycles. The highest BCUT2D eigenvalue weighted by atomic mass is 16.5. The number of aromatic nitrogens is 8. The predicted octanol–water partition coefficient (Wildman–Crippen LogP) is 5.21. The van der Waals surface area contributed by atoms with Crippen LogP contribution < -0.4 is 15.4 Å². The van der Waals surface area contributed by atoms with Gasteiger partial charge in [0.1, 0.15) is 22.7 Å². The summed E-state index contributed by atoms with van der Waals surface area (Å²) in [6, 6.07) is 16.9. The highest BCUT2D eigenvalue weighted by molar-refractivity contribution is 6.04. The summed E-state index contributed by atoms with van der Waals surface area (Å²) in [5, 5.41) is 14.8. The van der Waals surface area contributed by atoms with Crippen molar-refractivity contribution in [1.82, 2.24) is 38.7 Å². The van der Waals surface area contributed by atoms with Crippen molar-refractivity contribution in [2.75, 3.05) is 17.7 Å². The highest BCUT2D eigenvalue weighted by Crippen LogP contribution is 2.29. The van der Waals surface area contributed by atoms with Crippen molar-refractivity contribution in [2.24, 2.45) is 0 Å². The first-order chi connectivity index (χ1) is 22.3. The average molecular weight is 621 g/mol. The molecule has 0 radical (unpaired) electrons. The topological polar surface area (TPSA) is 139 Å². The first-order valence-corrected chi connectivity index (χ1v) is 15.2. The lowest BCUT2D eigenvalue weighted by Crippen LogP contribution is -2.20. The molecule has 0 spiro atoms. The van der Waals surface area contributed by atoms with Crippen LogP contribution in [0, 0.1) is 13.8 Å². The Morgan fingerprint density at radius 3 is 1.91 bits per heavy atom. The molecule has 2 amide bonds. The molecule has 0 bridgehead atoms. The van der Waals surface area contributed by atoms with Crippen LogP contribution in [0.5, 0.6) is 5.75 Å². The van der Waals surface area contributed by atoms with Crippen LogP contribution in [0.3, 0.4) is 0 Å². The lowest BCUT2D eigenvalue weighted by Gasteiger charge is -2.11. The van der Waals surface area contributed by atoms with Gasteiger partial charge in [0.15, 0.2) is 0 Å². The molecule has 13 heteroatoms. The molecule has 0 saturated heterocycles. The van der Waals surface area contributed by atoms with Crippen LogP contribution in [0.4, 0.5) is 11.9 Å². The maximum Gasteiger partial charge on any atom is 0.276 e. The fourth-order valence-corrected chi connectivity index (χ4v) is 5.58. The third kappa shape index (κ3) is 5.74. The number of imidazole rings is 2. The largest absolute Gasteiger partial charge is 0.494 e. The van der Waals surface area contributed by atoms with E-state index in [2.05, 4.69) is 20.8 Å². The maximum absolute atomic E-state index is 13.3. The number of aryl methyl sites for hydroxylation is 4. The van der Waals surface area contributed by atoms with Crippen LogP contribution in [0.15, 0.2) is 66.7 Å². The van der Waals surface area contributed by atoms with E-state index in [1.807, 2.05) is 91.4 Å². The first-order valence-electron chi connectivity index (χ1n) is 15.2. The number of anilines is 2. The molecule has 46 heavy (non-hydrogen) atoms. The molecular formula is C33H36N10O3. The number of carbonyl (C=O) groups is 2. The van der Waals surface area contributed by atoms with E-state index < -0.39 is 0 Å². The zero-order chi connectivity index (χ0) is 32.4. The number of hydrogen-bond acceptors (Lipinski definition) is 7. The van der Waals surface area contributed by atoms with Crippen LogP contribution in [0.2, 0.25) is 0 Å². The lowest BCUT2D eigenvalue weighted by molar-refractivity contribution is 0.100. The van der Waals surface area contributed by atoms with Gasteiger partial charge in [0.2, 0.25) is 11.9 Å². The SMILES string of the molecule is CCn1nc(C)cc1C(=O)Nc1nc2ccccc2n1C/C=C/Cn1c(NC(=O)c2cc(C)nn2CC)nc2cccc(OC)c21. The fraction of sp³-hybridized carbons (Fsp3) is 0.273. The van der Waals surface area contributed by atoms with Crippen molar-refractivity contribution >= 4 is 45.8 Å². The Morgan fingerprint density at radius 1 is 0.761 bits per heavy atom. The van der Waals surface area contributed by atoms with Crippen molar-refractivity contribution < 1.29 is 14.3 Å². The molecule has 4 heterocycles. The van der Waals surface area contributed by atoms with Crippen molar-refractivity contribution in [3.63, 3.8) is 0 Å². The van der Waals surface area contributed by atoms with E-state index in [9.17, 15) is 9.59 Å². The molecule has 236 valence electrons. The smallest absolute Gasteiger partial charge is 0.276 e. The van der Waals surface area contributed by atoms with E-state index in [0.29, 0.717) is 60.7 Å². The van der Waals surface area contributed by atoms with Crippen LogP contribution >= 0.6 is 0 Å². The summed E-state index contributed by atoms with van der Waals surface area (Å²) >= 11 is 0. The molecule has 0 unspecified atom stereocenters. The molecule has 0 aliphatic carbocycles. The second-order valence-electron chi connectivity index (χ2n) is 10.8. The van der Waals surface area contributed by atoms with Crippen LogP contribution in [-0.4, -0.2) is 57.6 Å². The van der Waals surface area contributed by atoms with Crippen molar-refractivity contribution in [3.05, 3.63) is 89.5 Å². The summed E-state index contributed by atoms with van der Waals surface area (Å²) in [6.45, 7) is 9.57. The normalized spacial score (nSPS) is 11.6. The summed E-state index contributed by atoms with van der Waals surface area (Å²) < 4.78 is 12.9. The number of nitrogens with one attached hydrogen (secondary N) is 2. The molecule has 2 N–H and O–H groups in total. The standard InChI is InChI=1S/C33H36N10O3/c1-6-42-26(19-21(3)38-42)30(44)36-32-34-23-13-8-9-15-25(23)40(32)17-10-11-18-41-29-24(14-12-16-28(29)46-5)35-33(41)37-31(45)27-20-22(4)39-43(27)7-2/h8-16,19-20H,6-7,17-18H2,1-5H3,(H,34,36,44)(H,35,37,45)/b11-10+. The number of rotatable bonds is 11. The zero-order valence-electron chi connectivity index (χ0n) is 26.5. The lowest BCUT2D eigenvalue weighted by atomic mass is 10.3. The summed E-state index contributed by atoms with van der Waals surface area (Å²) in [7, 11) is 1.61. The van der Waals surface area contributed by atoms with Gasteiger partial charge in [-0.1, -0.05) is 30.4 Å². The quantitative estimate of drug-likeness (QED) is 0.190. The molecule has 6 rings (SSSR count). The number of nitrogens with zero attached hydrogens (tertiary/aromatic N) is 8. The Labute approximate surface area is 265 Å². The van der Waals surface area contributed by atoms with Gasteiger partial charge in [-0.3, -0.25) is 29.6 Å². The van der Waals surface area contributed by atoms with E-state index in [4.69, 9.17) is 14.7 Å². The number of carbonyl (C=O) groups excluding carboxylic acids is 2. The maximum atomic E-state index is 13.3. The molecular weight excluding hydrogens is 584 g/mol. The monoisotopic (exact) mass is 620 g/mol. The Balaban J connectivity index is 1.29. The molecule has 0 fully saturated rings. The zero-order valence-corrected chi connectivity index (χ0v) is 26.5. The Morgan fingerprint density at radius 2 is 1.30 bits per heavy atom. The number of para-hydroxylation sites is 3. The second-order valence-corrected chi connectivity index (χ2v) is 10.8. The summed E-state index contributed by atoms with van der Waals surface area (Å²) in [4.78, 5) is 36.0. The summed E-state index contributed by atoms with van der Waals surface area (Å²) in [6.07, 6.45) is 3.98. The third-order valence-corrected chi connectivity index (χ3v) is 7.67. The Hall–Kier alpha value is -5.72. The number of methoxy groups -OCH3 is 1. The van der Waals surface area contributed by atoms with Crippen LogP contribution in [-0.2, 0) is 26.2 Å². The van der Waals surface area contributed by atoms with Gasteiger partial charge in [0.05, 0.1) is 35.0 Å². The molecule has 2 aromatic carbocycles. The van der Waals surface area contributed by atoms with Gasteiger partial charge in [-0.25, -0.2) is 9.97 Å². The van der Waals surface area contributed by atoms with Gasteiger partial charge in [0.25, 0.3) is 11.8 Å². The van der Waals surface area contributed by atoms with Crippen molar-refractivity contribution in [1.29, 1.82) is 0 Å². The number of ether oxygens (including phenoxy) is 1. The number of fused-ring (bicyclic) bond motifs is 2. The Bertz CT molecular complexity index is 2100. The number of benzene rings is 2. The first kappa shape index (κ1) is 30.3. The van der Waals surface area contributed by atoms with E-state index in [1.165, 1.54) is 0 Å². The number of amides is 2. The molecule has 0 aliphatic heterocycles. The van der Waals surface area contributed by atoms with Gasteiger partial charge >= 0.3 is 0 Å². The van der Waals surface area contributed by atoms with Gasteiger partial charge in [0, 0.05) is 26.2 Å². The van der Waals surface area contributed by atoms with Gasteiger partial charge < -0.3 is 13.9 Å². The van der Waals surface area contributed by atoms with E-state index in [-0.39, 0.29) is 11.8 Å². The number of allylic oxidation sites excluding steroid dienone is 2.